The molecule has 4 aromatic rings. The molecule has 0 amide bonds. The fourth-order valence-electron chi connectivity index (χ4n) is 2.37. The van der Waals surface area contributed by atoms with Crippen molar-refractivity contribution in [3.8, 4) is 0 Å². The maximum atomic E-state index is 13.4. The number of nitrogens with one attached hydrogen (secondary N) is 1. The van der Waals surface area contributed by atoms with E-state index >= 15 is 0 Å². The van der Waals surface area contributed by atoms with Crippen LogP contribution in [0.3, 0.4) is 0 Å². The van der Waals surface area contributed by atoms with Gasteiger partial charge in [0.1, 0.15) is 11.3 Å². The number of aromatic amines is 1. The first kappa shape index (κ1) is 15.6. The molecule has 0 unspecified atom stereocenters. The van der Waals surface area contributed by atoms with Crippen molar-refractivity contribution in [3.63, 3.8) is 0 Å². The molecule has 2 heterocycles. The van der Waals surface area contributed by atoms with E-state index in [1.807, 2.05) is 12.1 Å². The molecular weight excluding hydrogens is 370 g/mol. The molecule has 0 radical (unpaired) electrons. The van der Waals surface area contributed by atoms with Crippen LogP contribution in [0.25, 0.3) is 22.1 Å². The zero-order chi connectivity index (χ0) is 16.7. The Morgan fingerprint density at radius 2 is 1.92 bits per heavy atom. The van der Waals surface area contributed by atoms with Gasteiger partial charge >= 0.3 is 0 Å². The molecule has 0 saturated heterocycles. The van der Waals surface area contributed by atoms with Gasteiger partial charge in [-0.2, -0.15) is 0 Å². The number of benzene rings is 2. The topological polar surface area (TPSA) is 54.5 Å². The lowest BCUT2D eigenvalue weighted by Crippen LogP contribution is -1.92. The Balaban J connectivity index is 1.62. The lowest BCUT2D eigenvalue weighted by Gasteiger charge is -2.02. The molecule has 1 N–H and O–H groups in total. The fourth-order valence-corrected chi connectivity index (χ4v) is 3.42. The van der Waals surface area contributed by atoms with Crippen LogP contribution in [0.4, 0.5) is 4.39 Å². The third kappa shape index (κ3) is 2.92. The molecule has 4 rings (SSSR count). The van der Waals surface area contributed by atoms with Gasteiger partial charge in [-0.3, -0.25) is 0 Å². The molecule has 0 bridgehead atoms. The highest BCUT2D eigenvalue weighted by atomic mass is 35.5. The normalized spacial score (nSPS) is 11.5. The number of H-pyrrole nitrogens is 1. The first-order chi connectivity index (χ1) is 11.6. The minimum atomic E-state index is -0.316. The summed E-state index contributed by atoms with van der Waals surface area (Å²) in [7, 11) is 0. The molecule has 0 aliphatic heterocycles. The van der Waals surface area contributed by atoms with Crippen molar-refractivity contribution in [3.05, 3.63) is 57.8 Å². The molecule has 120 valence electrons. The standard InChI is InChI=1S/C16H9Cl2FN4S/c17-11-3-1-8(5-12(11)18)7-24-16-21-15-14(22-23-16)10-6-9(19)2-4-13(10)20-15/h1-6H,7H2,(H,20,21,23). The minimum absolute atomic E-state index is 0.316. The number of hydrogen-bond donors (Lipinski definition) is 1. The van der Waals surface area contributed by atoms with Gasteiger partial charge in [0, 0.05) is 16.7 Å². The molecule has 24 heavy (non-hydrogen) atoms. The summed E-state index contributed by atoms with van der Waals surface area (Å²) < 4.78 is 13.4. The maximum absolute atomic E-state index is 13.4. The van der Waals surface area contributed by atoms with Crippen LogP contribution in [-0.4, -0.2) is 20.2 Å². The smallest absolute Gasteiger partial charge is 0.211 e. The lowest BCUT2D eigenvalue weighted by atomic mass is 10.2. The molecule has 0 aliphatic rings. The Hall–Kier alpha value is -1.89. The number of hydrogen-bond acceptors (Lipinski definition) is 4. The van der Waals surface area contributed by atoms with E-state index in [0.717, 1.165) is 11.1 Å². The second-order valence-electron chi connectivity index (χ2n) is 5.14. The summed E-state index contributed by atoms with van der Waals surface area (Å²) in [6.07, 6.45) is 0. The van der Waals surface area contributed by atoms with E-state index in [1.165, 1.54) is 23.9 Å². The highest BCUT2D eigenvalue weighted by Gasteiger charge is 2.10. The van der Waals surface area contributed by atoms with Crippen molar-refractivity contribution < 1.29 is 4.39 Å². The zero-order valence-electron chi connectivity index (χ0n) is 12.1. The highest BCUT2D eigenvalue weighted by molar-refractivity contribution is 7.98. The average molecular weight is 379 g/mol. The quantitative estimate of drug-likeness (QED) is 0.495. The van der Waals surface area contributed by atoms with E-state index in [-0.39, 0.29) is 5.82 Å². The molecule has 0 saturated carbocycles. The van der Waals surface area contributed by atoms with Crippen LogP contribution in [0, 0.1) is 5.82 Å². The minimum Gasteiger partial charge on any atom is -0.338 e. The first-order valence-corrected chi connectivity index (χ1v) is 8.73. The van der Waals surface area contributed by atoms with Gasteiger partial charge in [0.05, 0.1) is 10.0 Å². The van der Waals surface area contributed by atoms with E-state index < -0.39 is 0 Å². The monoisotopic (exact) mass is 378 g/mol. The summed E-state index contributed by atoms with van der Waals surface area (Å²) in [6.45, 7) is 0. The van der Waals surface area contributed by atoms with Gasteiger partial charge in [0.15, 0.2) is 5.65 Å². The summed E-state index contributed by atoms with van der Waals surface area (Å²) in [5, 5.41) is 10.5. The number of thioether (sulfide) groups is 1. The van der Waals surface area contributed by atoms with Crippen LogP contribution in [0.15, 0.2) is 41.6 Å². The number of aromatic nitrogens is 4. The molecule has 2 aromatic carbocycles. The Morgan fingerprint density at radius 1 is 1.04 bits per heavy atom. The van der Waals surface area contributed by atoms with Crippen molar-refractivity contribution in [2.24, 2.45) is 0 Å². The third-order valence-corrected chi connectivity index (χ3v) is 5.16. The predicted octanol–water partition coefficient (Wildman–Crippen LogP) is 5.24. The predicted molar refractivity (Wildman–Crippen MR) is 95.2 cm³/mol. The summed E-state index contributed by atoms with van der Waals surface area (Å²) in [4.78, 5) is 7.58. The van der Waals surface area contributed by atoms with Crippen molar-refractivity contribution in [1.82, 2.24) is 20.2 Å². The number of halogens is 3. The van der Waals surface area contributed by atoms with Gasteiger partial charge in [-0.25, -0.2) is 9.37 Å². The van der Waals surface area contributed by atoms with Crippen molar-refractivity contribution >= 4 is 57.0 Å². The van der Waals surface area contributed by atoms with Gasteiger partial charge in [-0.15, -0.1) is 10.2 Å². The van der Waals surface area contributed by atoms with E-state index in [4.69, 9.17) is 23.2 Å². The summed E-state index contributed by atoms with van der Waals surface area (Å²) in [5.74, 6) is 0.321. The summed E-state index contributed by atoms with van der Waals surface area (Å²) >= 11 is 13.4. The SMILES string of the molecule is Fc1ccc2[nH]c3nc(SCc4ccc(Cl)c(Cl)c4)nnc3c2c1. The Bertz CT molecular complexity index is 1070. The largest absolute Gasteiger partial charge is 0.338 e. The van der Waals surface area contributed by atoms with Crippen LogP contribution in [0.5, 0.6) is 0 Å². The second kappa shape index (κ2) is 6.20. The molecule has 0 aliphatic carbocycles. The zero-order valence-corrected chi connectivity index (χ0v) is 14.4. The number of rotatable bonds is 3. The van der Waals surface area contributed by atoms with Gasteiger partial charge in [-0.05, 0) is 35.9 Å². The van der Waals surface area contributed by atoms with Gasteiger partial charge in [0.25, 0.3) is 0 Å². The van der Waals surface area contributed by atoms with Crippen LogP contribution < -0.4 is 0 Å². The van der Waals surface area contributed by atoms with Crippen LogP contribution in [-0.2, 0) is 5.75 Å². The number of fused-ring (bicyclic) bond motifs is 3. The Labute approximate surface area is 150 Å². The molecule has 2 aromatic heterocycles. The van der Waals surface area contributed by atoms with Gasteiger partial charge in [0.2, 0.25) is 5.16 Å². The first-order valence-electron chi connectivity index (χ1n) is 6.98. The Kier molecular flexibility index (Phi) is 4.04. The molecule has 8 heteroatoms. The summed E-state index contributed by atoms with van der Waals surface area (Å²) in [6, 6.07) is 9.95. The van der Waals surface area contributed by atoms with Crippen molar-refractivity contribution in [1.29, 1.82) is 0 Å². The maximum Gasteiger partial charge on any atom is 0.211 e. The highest BCUT2D eigenvalue weighted by Crippen LogP contribution is 2.28. The molecule has 0 atom stereocenters. The Morgan fingerprint density at radius 3 is 2.75 bits per heavy atom. The van der Waals surface area contributed by atoms with Gasteiger partial charge < -0.3 is 4.98 Å². The molecular formula is C16H9Cl2FN4S. The summed E-state index contributed by atoms with van der Waals surface area (Å²) in [5.41, 5.74) is 2.93. The second-order valence-corrected chi connectivity index (χ2v) is 6.90. The molecule has 4 nitrogen and oxygen atoms in total. The van der Waals surface area contributed by atoms with E-state index in [2.05, 4.69) is 20.2 Å². The van der Waals surface area contributed by atoms with E-state index in [1.54, 1.807) is 12.1 Å². The van der Waals surface area contributed by atoms with Crippen LogP contribution in [0.1, 0.15) is 5.56 Å². The third-order valence-electron chi connectivity index (χ3n) is 3.51. The van der Waals surface area contributed by atoms with Crippen molar-refractivity contribution in [2.75, 3.05) is 0 Å². The molecule has 0 spiro atoms. The lowest BCUT2D eigenvalue weighted by molar-refractivity contribution is 0.630. The van der Waals surface area contributed by atoms with E-state index in [9.17, 15) is 4.39 Å². The fraction of sp³-hybridized carbons (Fsp3) is 0.0625. The molecule has 0 fully saturated rings. The van der Waals surface area contributed by atoms with Gasteiger partial charge in [-0.1, -0.05) is 41.0 Å². The van der Waals surface area contributed by atoms with Crippen LogP contribution in [0.2, 0.25) is 10.0 Å². The van der Waals surface area contributed by atoms with Crippen LogP contribution >= 0.6 is 35.0 Å². The van der Waals surface area contributed by atoms with Crippen molar-refractivity contribution in [2.45, 2.75) is 10.9 Å². The average Bonchev–Trinajstić information content (AvgIpc) is 2.93. The number of nitrogens with zero attached hydrogens (tertiary/aromatic N) is 3. The van der Waals surface area contributed by atoms with E-state index in [0.29, 0.717) is 37.5 Å².